The first-order chi connectivity index (χ1) is 13.5. The number of hydrogen-bond acceptors (Lipinski definition) is 6. The highest BCUT2D eigenvalue weighted by Gasteiger charge is 2.37. The van der Waals surface area contributed by atoms with Gasteiger partial charge >= 0.3 is 10.2 Å². The van der Waals surface area contributed by atoms with E-state index >= 15 is 4.39 Å². The number of ether oxygens (including phenoxy) is 1. The number of carbonyl (C=O) groups is 1. The van der Waals surface area contributed by atoms with E-state index in [1.165, 1.54) is 12.1 Å². The van der Waals surface area contributed by atoms with E-state index in [9.17, 15) is 18.3 Å². The quantitative estimate of drug-likeness (QED) is 0.625. The number of halogens is 1. The molecule has 2 aromatic carbocycles. The molecule has 0 atom stereocenters. The molecule has 3 N–H and O–H groups in total. The monoisotopic (exact) mass is 425 g/mol. The Morgan fingerprint density at radius 2 is 2.07 bits per heavy atom. The van der Waals surface area contributed by atoms with E-state index in [1.807, 2.05) is 7.05 Å². The Hall–Kier alpha value is -2.59. The summed E-state index contributed by atoms with van der Waals surface area (Å²) in [5.41, 5.74) is -0.539. The van der Waals surface area contributed by atoms with E-state index in [0.717, 1.165) is 13.0 Å². The minimum Gasteiger partial charge on any atom is -0.506 e. The molecule has 10 heteroatoms. The lowest BCUT2D eigenvalue weighted by molar-refractivity contribution is -0.117. The van der Waals surface area contributed by atoms with Crippen LogP contribution in [0.5, 0.6) is 11.5 Å². The summed E-state index contributed by atoms with van der Waals surface area (Å²) in [6.45, 7) is 4.85. The molecule has 3 rings (SSSR count). The van der Waals surface area contributed by atoms with Crippen LogP contribution in [0.3, 0.4) is 0 Å². The number of carbonyl (C=O) groups excluding carboxylic acids is 1. The number of hydrogen-bond donors (Lipinski definition) is 3. The van der Waals surface area contributed by atoms with E-state index in [2.05, 4.69) is 19.2 Å². The van der Waals surface area contributed by atoms with Gasteiger partial charge in [-0.2, -0.15) is 8.42 Å². The topological polar surface area (TPSA) is 108 Å². The number of rotatable bonds is 7. The molecular formula is C19H24FN3O5S. The zero-order chi connectivity index (χ0) is 21.4. The Balaban J connectivity index is 1.91. The largest absolute Gasteiger partial charge is 0.506 e. The van der Waals surface area contributed by atoms with Gasteiger partial charge in [-0.25, -0.2) is 13.4 Å². The van der Waals surface area contributed by atoms with E-state index < -0.39 is 39.9 Å². The standard InChI is InChI=1S/C19H24FN3O5S/c1-19(2,11-21-3)6-7-28-13-5-4-12-8-15(24)18(17(20)14(12)9-13)23-10-16(25)22-29(23,26)27/h4-5,8-9,21,24H,6-7,10-11H2,1-3H3,(H,22,25). The number of benzene rings is 2. The van der Waals surface area contributed by atoms with Gasteiger partial charge in [0, 0.05) is 11.9 Å². The number of nitrogens with zero attached hydrogens (tertiary/aromatic N) is 1. The molecule has 1 saturated heterocycles. The lowest BCUT2D eigenvalue weighted by Gasteiger charge is -2.24. The summed E-state index contributed by atoms with van der Waals surface area (Å²) in [6, 6.07) is 5.95. The minimum atomic E-state index is -4.25. The van der Waals surface area contributed by atoms with Crippen LogP contribution in [0.25, 0.3) is 10.8 Å². The second-order valence-electron chi connectivity index (χ2n) is 7.77. The van der Waals surface area contributed by atoms with Crippen molar-refractivity contribution in [3.63, 3.8) is 0 Å². The summed E-state index contributed by atoms with van der Waals surface area (Å²) >= 11 is 0. The lowest BCUT2D eigenvalue weighted by Crippen LogP contribution is -2.30. The predicted octanol–water partition coefficient (Wildman–Crippen LogP) is 1.88. The van der Waals surface area contributed by atoms with Gasteiger partial charge in [-0.15, -0.1) is 0 Å². The molecular weight excluding hydrogens is 401 g/mol. The van der Waals surface area contributed by atoms with E-state index in [0.29, 0.717) is 22.0 Å². The smallest absolute Gasteiger partial charge is 0.326 e. The highest BCUT2D eigenvalue weighted by atomic mass is 32.2. The van der Waals surface area contributed by atoms with Gasteiger partial charge in [0.25, 0.3) is 5.91 Å². The molecule has 0 spiro atoms. The maximum Gasteiger partial charge on any atom is 0.326 e. The summed E-state index contributed by atoms with van der Waals surface area (Å²) in [4.78, 5) is 11.5. The van der Waals surface area contributed by atoms with Gasteiger partial charge < -0.3 is 15.2 Å². The summed E-state index contributed by atoms with van der Waals surface area (Å²) < 4.78 is 47.3. The second-order valence-corrected chi connectivity index (χ2v) is 9.37. The Labute approximate surface area is 168 Å². The number of amides is 1. The van der Waals surface area contributed by atoms with Crippen molar-refractivity contribution in [1.29, 1.82) is 0 Å². The predicted molar refractivity (Wildman–Crippen MR) is 108 cm³/mol. The molecule has 0 aliphatic carbocycles. The van der Waals surface area contributed by atoms with Crippen LogP contribution in [0.1, 0.15) is 20.3 Å². The summed E-state index contributed by atoms with van der Waals surface area (Å²) in [5.74, 6) is -1.89. The highest BCUT2D eigenvalue weighted by Crippen LogP contribution is 2.39. The molecule has 1 fully saturated rings. The van der Waals surface area contributed by atoms with Gasteiger partial charge in [0.05, 0.1) is 6.61 Å². The SMILES string of the molecule is CNCC(C)(C)CCOc1ccc2cc(O)c(N3CC(=O)NS3(=O)=O)c(F)c2c1. The molecule has 0 saturated carbocycles. The van der Waals surface area contributed by atoms with Crippen molar-refractivity contribution in [1.82, 2.24) is 10.0 Å². The van der Waals surface area contributed by atoms with Gasteiger partial charge in [-0.05, 0) is 42.5 Å². The zero-order valence-corrected chi connectivity index (χ0v) is 17.3. The van der Waals surface area contributed by atoms with Crippen molar-refractivity contribution in [3.8, 4) is 11.5 Å². The van der Waals surface area contributed by atoms with Crippen LogP contribution in [-0.4, -0.2) is 46.2 Å². The second kappa shape index (κ2) is 7.68. The fourth-order valence-corrected chi connectivity index (χ4v) is 4.46. The molecule has 0 bridgehead atoms. The molecule has 1 amide bonds. The van der Waals surface area contributed by atoms with Gasteiger partial charge in [0.15, 0.2) is 5.82 Å². The average Bonchev–Trinajstić information content (AvgIpc) is 2.87. The van der Waals surface area contributed by atoms with Crippen molar-refractivity contribution < 1.29 is 27.4 Å². The Kier molecular flexibility index (Phi) is 5.59. The minimum absolute atomic E-state index is 0.0272. The van der Waals surface area contributed by atoms with Crippen LogP contribution < -0.4 is 19.1 Å². The third-order valence-corrected chi connectivity index (χ3v) is 6.15. The average molecular weight is 425 g/mol. The van der Waals surface area contributed by atoms with E-state index in [1.54, 1.807) is 16.9 Å². The third kappa shape index (κ3) is 4.38. The van der Waals surface area contributed by atoms with Crippen LogP contribution in [0.15, 0.2) is 24.3 Å². The lowest BCUT2D eigenvalue weighted by atomic mass is 9.90. The molecule has 2 aromatic rings. The van der Waals surface area contributed by atoms with Gasteiger partial charge in [-0.3, -0.25) is 4.79 Å². The first kappa shape index (κ1) is 21.1. The van der Waals surface area contributed by atoms with Crippen LogP contribution in [0, 0.1) is 11.2 Å². The van der Waals surface area contributed by atoms with Crippen molar-refractivity contribution in [2.45, 2.75) is 20.3 Å². The maximum absolute atomic E-state index is 15.2. The molecule has 1 heterocycles. The molecule has 8 nitrogen and oxygen atoms in total. The molecule has 0 aromatic heterocycles. The van der Waals surface area contributed by atoms with E-state index in [-0.39, 0.29) is 10.8 Å². The van der Waals surface area contributed by atoms with Crippen molar-refractivity contribution >= 4 is 32.6 Å². The van der Waals surface area contributed by atoms with Gasteiger partial charge in [0.1, 0.15) is 23.7 Å². The highest BCUT2D eigenvalue weighted by molar-refractivity contribution is 7.92. The first-order valence-corrected chi connectivity index (χ1v) is 10.5. The van der Waals surface area contributed by atoms with Crippen LogP contribution in [0.4, 0.5) is 10.1 Å². The van der Waals surface area contributed by atoms with Crippen LogP contribution >= 0.6 is 0 Å². The maximum atomic E-state index is 15.2. The normalized spacial score (nSPS) is 16.3. The van der Waals surface area contributed by atoms with Gasteiger partial charge in [-0.1, -0.05) is 19.9 Å². The molecule has 1 aliphatic heterocycles. The number of aromatic hydroxyl groups is 1. The fraction of sp³-hybridized carbons (Fsp3) is 0.421. The third-order valence-electron chi connectivity index (χ3n) is 4.78. The molecule has 0 radical (unpaired) electrons. The molecule has 1 aliphatic rings. The van der Waals surface area contributed by atoms with Crippen LogP contribution in [-0.2, 0) is 15.0 Å². The molecule has 158 valence electrons. The number of phenolic OH excluding ortho intramolecular Hbond substituents is 1. The van der Waals surface area contributed by atoms with Gasteiger partial charge in [0.2, 0.25) is 0 Å². The molecule has 29 heavy (non-hydrogen) atoms. The summed E-state index contributed by atoms with van der Waals surface area (Å²) in [5, 5.41) is 13.8. The van der Waals surface area contributed by atoms with Crippen LogP contribution in [0.2, 0.25) is 0 Å². The number of anilines is 1. The Morgan fingerprint density at radius 1 is 1.34 bits per heavy atom. The Morgan fingerprint density at radius 3 is 2.69 bits per heavy atom. The van der Waals surface area contributed by atoms with E-state index in [4.69, 9.17) is 4.74 Å². The zero-order valence-electron chi connectivity index (χ0n) is 16.5. The summed E-state index contributed by atoms with van der Waals surface area (Å²) in [6.07, 6.45) is 0.773. The number of fused-ring (bicyclic) bond motifs is 1. The first-order valence-electron chi connectivity index (χ1n) is 9.10. The summed E-state index contributed by atoms with van der Waals surface area (Å²) in [7, 11) is -2.37. The number of nitrogens with one attached hydrogen (secondary N) is 2. The van der Waals surface area contributed by atoms with Crippen molar-refractivity contribution in [3.05, 3.63) is 30.1 Å². The number of phenols is 1. The fourth-order valence-electron chi connectivity index (χ4n) is 3.29. The van der Waals surface area contributed by atoms with Crippen molar-refractivity contribution in [2.75, 3.05) is 31.0 Å². The van der Waals surface area contributed by atoms with Crippen molar-refractivity contribution in [2.24, 2.45) is 5.41 Å². The molecule has 0 unspecified atom stereocenters. The Bertz CT molecular complexity index is 1060.